The Labute approximate surface area is 159 Å². The van der Waals surface area contributed by atoms with Gasteiger partial charge in [0, 0.05) is 18.3 Å². The van der Waals surface area contributed by atoms with E-state index in [1.54, 1.807) is 0 Å². The largest absolute Gasteiger partial charge is 0.394 e. The summed E-state index contributed by atoms with van der Waals surface area (Å²) in [6, 6.07) is 8.60. The summed E-state index contributed by atoms with van der Waals surface area (Å²) in [6.45, 7) is 7.18. The standard InChI is InChI=1S/C20H26N6O/c1-4-15(11-27)22-20-23-18(17-19(24-20)26(12-21-17)13(2)3)25-10-9-14-7-5-6-8-16(14)25/h5-8,12-13,15,27H,4,9-11H2,1-3H3,(H,22,23,24). The second kappa shape index (κ2) is 7.15. The summed E-state index contributed by atoms with van der Waals surface area (Å²) in [6.07, 6.45) is 3.62. The van der Waals surface area contributed by atoms with Crippen LogP contribution < -0.4 is 10.2 Å². The molecular formula is C20H26N6O. The van der Waals surface area contributed by atoms with Gasteiger partial charge in [0.05, 0.1) is 19.0 Å². The Morgan fingerprint density at radius 3 is 2.78 bits per heavy atom. The third kappa shape index (κ3) is 3.12. The van der Waals surface area contributed by atoms with E-state index in [2.05, 4.69) is 57.9 Å². The molecule has 7 nitrogen and oxygen atoms in total. The van der Waals surface area contributed by atoms with Gasteiger partial charge in [-0.05, 0) is 38.3 Å². The summed E-state index contributed by atoms with van der Waals surface area (Å²) in [5.74, 6) is 1.35. The molecule has 0 bridgehead atoms. The third-order valence-electron chi connectivity index (χ3n) is 5.15. The van der Waals surface area contributed by atoms with Gasteiger partial charge in [0.25, 0.3) is 0 Å². The number of nitrogens with zero attached hydrogens (tertiary/aromatic N) is 5. The second-order valence-corrected chi connectivity index (χ2v) is 7.25. The lowest BCUT2D eigenvalue weighted by Crippen LogP contribution is -2.25. The SMILES string of the molecule is CCC(CO)Nc1nc(N2CCc3ccccc32)c2ncn(C(C)C)c2n1. The smallest absolute Gasteiger partial charge is 0.227 e. The lowest BCUT2D eigenvalue weighted by molar-refractivity contribution is 0.271. The van der Waals surface area contributed by atoms with Gasteiger partial charge in [0.15, 0.2) is 17.0 Å². The number of aromatic nitrogens is 4. The van der Waals surface area contributed by atoms with E-state index in [4.69, 9.17) is 9.97 Å². The van der Waals surface area contributed by atoms with Crippen LogP contribution in [0.1, 0.15) is 38.8 Å². The first-order valence-corrected chi connectivity index (χ1v) is 9.59. The van der Waals surface area contributed by atoms with E-state index in [0.717, 1.165) is 36.4 Å². The first-order chi connectivity index (χ1) is 13.1. The van der Waals surface area contributed by atoms with Crippen molar-refractivity contribution in [3.05, 3.63) is 36.2 Å². The molecule has 0 radical (unpaired) electrons. The molecule has 1 aromatic carbocycles. The molecule has 27 heavy (non-hydrogen) atoms. The number of benzene rings is 1. The molecule has 0 saturated heterocycles. The maximum absolute atomic E-state index is 9.57. The Hall–Kier alpha value is -2.67. The molecule has 2 N–H and O–H groups in total. The number of hydrogen-bond donors (Lipinski definition) is 2. The molecule has 2 aromatic heterocycles. The first-order valence-electron chi connectivity index (χ1n) is 9.59. The Morgan fingerprint density at radius 1 is 1.22 bits per heavy atom. The number of hydrogen-bond acceptors (Lipinski definition) is 6. The summed E-state index contributed by atoms with van der Waals surface area (Å²) < 4.78 is 2.06. The van der Waals surface area contributed by atoms with Gasteiger partial charge in [0.2, 0.25) is 5.95 Å². The summed E-state index contributed by atoms with van der Waals surface area (Å²) in [5.41, 5.74) is 4.12. The molecule has 0 fully saturated rings. The topological polar surface area (TPSA) is 79.1 Å². The van der Waals surface area contributed by atoms with Crippen LogP contribution in [0.4, 0.5) is 17.5 Å². The Balaban J connectivity index is 1.86. The number of imidazole rings is 1. The zero-order valence-electron chi connectivity index (χ0n) is 16.1. The maximum Gasteiger partial charge on any atom is 0.227 e. The highest BCUT2D eigenvalue weighted by molar-refractivity contribution is 5.89. The summed E-state index contributed by atoms with van der Waals surface area (Å²) >= 11 is 0. The van der Waals surface area contributed by atoms with E-state index < -0.39 is 0 Å². The summed E-state index contributed by atoms with van der Waals surface area (Å²) in [4.78, 5) is 16.4. The van der Waals surface area contributed by atoms with Crippen LogP contribution in [0.2, 0.25) is 0 Å². The molecule has 0 saturated carbocycles. The van der Waals surface area contributed by atoms with Gasteiger partial charge in [-0.15, -0.1) is 0 Å². The van der Waals surface area contributed by atoms with E-state index >= 15 is 0 Å². The maximum atomic E-state index is 9.57. The van der Waals surface area contributed by atoms with Crippen LogP contribution in [0.25, 0.3) is 11.2 Å². The normalized spacial score (nSPS) is 14.8. The van der Waals surface area contributed by atoms with Crippen molar-refractivity contribution in [2.24, 2.45) is 0 Å². The molecule has 1 atom stereocenters. The summed E-state index contributed by atoms with van der Waals surface area (Å²) in [7, 11) is 0. The van der Waals surface area contributed by atoms with Crippen LogP contribution in [0, 0.1) is 0 Å². The Kier molecular flexibility index (Phi) is 4.70. The minimum Gasteiger partial charge on any atom is -0.394 e. The van der Waals surface area contributed by atoms with Gasteiger partial charge in [-0.25, -0.2) is 4.98 Å². The van der Waals surface area contributed by atoms with Crippen LogP contribution in [-0.4, -0.2) is 43.8 Å². The molecule has 1 aliphatic rings. The molecule has 3 heterocycles. The molecular weight excluding hydrogens is 340 g/mol. The molecule has 1 aliphatic heterocycles. The molecule has 0 aliphatic carbocycles. The minimum absolute atomic E-state index is 0.0449. The van der Waals surface area contributed by atoms with Crippen molar-refractivity contribution in [2.45, 2.75) is 45.7 Å². The molecule has 142 valence electrons. The number of aliphatic hydroxyl groups is 1. The highest BCUT2D eigenvalue weighted by Gasteiger charge is 2.26. The van der Waals surface area contributed by atoms with Gasteiger partial charge >= 0.3 is 0 Å². The average molecular weight is 366 g/mol. The zero-order valence-corrected chi connectivity index (χ0v) is 16.1. The number of anilines is 3. The van der Waals surface area contributed by atoms with Crippen molar-refractivity contribution in [3.63, 3.8) is 0 Å². The van der Waals surface area contributed by atoms with Crippen molar-refractivity contribution in [1.82, 2.24) is 19.5 Å². The first kappa shape index (κ1) is 17.7. The van der Waals surface area contributed by atoms with E-state index in [-0.39, 0.29) is 18.7 Å². The molecule has 3 aromatic rings. The fraction of sp³-hybridized carbons (Fsp3) is 0.450. The molecule has 0 amide bonds. The van der Waals surface area contributed by atoms with Gasteiger partial charge in [-0.1, -0.05) is 25.1 Å². The van der Waals surface area contributed by atoms with Crippen molar-refractivity contribution in [3.8, 4) is 0 Å². The van der Waals surface area contributed by atoms with E-state index in [1.165, 1.54) is 11.3 Å². The highest BCUT2D eigenvalue weighted by Crippen LogP contribution is 2.37. The lowest BCUT2D eigenvalue weighted by Gasteiger charge is -2.21. The number of fused-ring (bicyclic) bond motifs is 2. The lowest BCUT2D eigenvalue weighted by atomic mass is 10.2. The van der Waals surface area contributed by atoms with E-state index in [9.17, 15) is 5.11 Å². The number of para-hydroxylation sites is 1. The fourth-order valence-corrected chi connectivity index (χ4v) is 3.55. The Morgan fingerprint density at radius 2 is 2.04 bits per heavy atom. The average Bonchev–Trinajstić information content (AvgIpc) is 3.29. The van der Waals surface area contributed by atoms with Gasteiger partial charge in [-0.2, -0.15) is 9.97 Å². The van der Waals surface area contributed by atoms with E-state index in [1.807, 2.05) is 13.3 Å². The van der Waals surface area contributed by atoms with Gasteiger partial charge < -0.3 is 19.9 Å². The number of rotatable bonds is 6. The molecule has 4 rings (SSSR count). The minimum atomic E-state index is -0.0726. The van der Waals surface area contributed by atoms with Crippen molar-refractivity contribution < 1.29 is 5.11 Å². The van der Waals surface area contributed by atoms with Gasteiger partial charge in [-0.3, -0.25) is 0 Å². The van der Waals surface area contributed by atoms with Crippen LogP contribution >= 0.6 is 0 Å². The van der Waals surface area contributed by atoms with E-state index in [0.29, 0.717) is 5.95 Å². The molecule has 0 spiro atoms. The summed E-state index contributed by atoms with van der Waals surface area (Å²) in [5, 5.41) is 12.8. The van der Waals surface area contributed by atoms with Crippen molar-refractivity contribution >= 4 is 28.6 Å². The van der Waals surface area contributed by atoms with Crippen LogP contribution in [0.3, 0.4) is 0 Å². The van der Waals surface area contributed by atoms with Crippen molar-refractivity contribution in [1.29, 1.82) is 0 Å². The monoisotopic (exact) mass is 366 g/mol. The van der Waals surface area contributed by atoms with Gasteiger partial charge in [0.1, 0.15) is 0 Å². The molecule has 1 unspecified atom stereocenters. The molecule has 7 heteroatoms. The quantitative estimate of drug-likeness (QED) is 0.697. The number of aliphatic hydroxyl groups excluding tert-OH is 1. The van der Waals surface area contributed by atoms with Crippen LogP contribution in [0.5, 0.6) is 0 Å². The van der Waals surface area contributed by atoms with Crippen LogP contribution in [-0.2, 0) is 6.42 Å². The zero-order chi connectivity index (χ0) is 19.0. The number of nitrogens with one attached hydrogen (secondary N) is 1. The Bertz CT molecular complexity index is 947. The predicted molar refractivity (Wildman–Crippen MR) is 108 cm³/mol. The van der Waals surface area contributed by atoms with Crippen LogP contribution in [0.15, 0.2) is 30.6 Å². The highest BCUT2D eigenvalue weighted by atomic mass is 16.3. The van der Waals surface area contributed by atoms with Crippen molar-refractivity contribution in [2.75, 3.05) is 23.4 Å². The third-order valence-corrected chi connectivity index (χ3v) is 5.15. The predicted octanol–water partition coefficient (Wildman–Crippen LogP) is 3.28. The second-order valence-electron chi connectivity index (χ2n) is 7.25. The fourth-order valence-electron chi connectivity index (χ4n) is 3.55.